The van der Waals surface area contributed by atoms with Crippen molar-refractivity contribution in [1.82, 2.24) is 9.55 Å². The topological polar surface area (TPSA) is 55.1 Å². The zero-order valence-electron chi connectivity index (χ0n) is 11.2. The fourth-order valence-corrected chi connectivity index (χ4v) is 2.58. The van der Waals surface area contributed by atoms with Crippen LogP contribution in [0.3, 0.4) is 0 Å². The van der Waals surface area contributed by atoms with E-state index >= 15 is 0 Å². The Morgan fingerprint density at radius 2 is 2.25 bits per heavy atom. The third kappa shape index (κ3) is 3.19. The fraction of sp³-hybridized carbons (Fsp3) is 0.286. The summed E-state index contributed by atoms with van der Waals surface area (Å²) in [6, 6.07) is 6.19. The van der Waals surface area contributed by atoms with E-state index in [4.69, 9.17) is 5.11 Å². The minimum Gasteiger partial charge on any atom is -0.481 e. The van der Waals surface area contributed by atoms with Crippen molar-refractivity contribution in [3.05, 3.63) is 42.0 Å². The number of rotatable bonds is 5. The number of carbonyl (C=O) groups is 1. The summed E-state index contributed by atoms with van der Waals surface area (Å²) in [5.41, 5.74) is 1.57. The van der Waals surface area contributed by atoms with Gasteiger partial charge in [0.15, 0.2) is 5.16 Å². The second-order valence-electron chi connectivity index (χ2n) is 4.62. The molecular formula is C14H15FN2O2S. The van der Waals surface area contributed by atoms with E-state index in [-0.39, 0.29) is 17.5 Å². The van der Waals surface area contributed by atoms with Crippen LogP contribution in [0.5, 0.6) is 0 Å². The fourth-order valence-electron chi connectivity index (χ4n) is 1.86. The number of halogens is 1. The number of carboxylic acids is 1. The van der Waals surface area contributed by atoms with Gasteiger partial charge in [0.1, 0.15) is 5.82 Å². The Morgan fingerprint density at radius 1 is 1.50 bits per heavy atom. The highest BCUT2D eigenvalue weighted by Gasteiger charge is 2.16. The lowest BCUT2D eigenvalue weighted by molar-refractivity contribution is -0.133. The van der Waals surface area contributed by atoms with E-state index in [0.717, 1.165) is 17.5 Å². The SMILES string of the molecule is CC(C)c1cnc(SCC(=O)O)n1-c1cccc(F)c1. The highest BCUT2D eigenvalue weighted by Crippen LogP contribution is 2.27. The molecular weight excluding hydrogens is 279 g/mol. The number of benzene rings is 1. The smallest absolute Gasteiger partial charge is 0.313 e. The zero-order chi connectivity index (χ0) is 14.7. The lowest BCUT2D eigenvalue weighted by Crippen LogP contribution is -2.05. The Kier molecular flexibility index (Phi) is 4.44. The lowest BCUT2D eigenvalue weighted by Gasteiger charge is -2.13. The molecule has 1 N–H and O–H groups in total. The minimum atomic E-state index is -0.908. The van der Waals surface area contributed by atoms with Gasteiger partial charge in [-0.3, -0.25) is 9.36 Å². The highest BCUT2D eigenvalue weighted by molar-refractivity contribution is 7.99. The van der Waals surface area contributed by atoms with Gasteiger partial charge < -0.3 is 5.11 Å². The summed E-state index contributed by atoms with van der Waals surface area (Å²) in [6.07, 6.45) is 1.71. The largest absolute Gasteiger partial charge is 0.481 e. The molecule has 20 heavy (non-hydrogen) atoms. The third-order valence-corrected chi connectivity index (χ3v) is 3.68. The van der Waals surface area contributed by atoms with E-state index < -0.39 is 5.97 Å². The van der Waals surface area contributed by atoms with Crippen LogP contribution in [0.25, 0.3) is 5.69 Å². The Bertz CT molecular complexity index is 625. The summed E-state index contributed by atoms with van der Waals surface area (Å²) in [5.74, 6) is -1.12. The second kappa shape index (κ2) is 6.09. The maximum Gasteiger partial charge on any atom is 0.313 e. The molecule has 0 atom stereocenters. The van der Waals surface area contributed by atoms with E-state index in [1.54, 1.807) is 22.9 Å². The van der Waals surface area contributed by atoms with Crippen LogP contribution in [0.15, 0.2) is 35.6 Å². The van der Waals surface area contributed by atoms with Gasteiger partial charge in [-0.25, -0.2) is 9.37 Å². The molecule has 2 rings (SSSR count). The molecule has 0 saturated carbocycles. The molecule has 0 radical (unpaired) electrons. The molecule has 0 aliphatic heterocycles. The Balaban J connectivity index is 2.46. The van der Waals surface area contributed by atoms with Crippen LogP contribution in [0, 0.1) is 5.82 Å². The van der Waals surface area contributed by atoms with Gasteiger partial charge in [0.2, 0.25) is 0 Å². The average molecular weight is 294 g/mol. The highest BCUT2D eigenvalue weighted by atomic mass is 32.2. The molecule has 0 amide bonds. The molecule has 0 unspecified atom stereocenters. The van der Waals surface area contributed by atoms with Gasteiger partial charge in [-0.15, -0.1) is 0 Å². The predicted molar refractivity (Wildman–Crippen MR) is 76.0 cm³/mol. The summed E-state index contributed by atoms with van der Waals surface area (Å²) in [5, 5.41) is 9.34. The van der Waals surface area contributed by atoms with Gasteiger partial charge >= 0.3 is 5.97 Å². The summed E-state index contributed by atoms with van der Waals surface area (Å²) < 4.78 is 15.2. The summed E-state index contributed by atoms with van der Waals surface area (Å²) in [4.78, 5) is 15.0. The molecule has 1 aromatic heterocycles. The van der Waals surface area contributed by atoms with Crippen molar-refractivity contribution in [2.75, 3.05) is 5.75 Å². The molecule has 0 saturated heterocycles. The van der Waals surface area contributed by atoms with Crippen LogP contribution in [-0.4, -0.2) is 26.4 Å². The van der Waals surface area contributed by atoms with Gasteiger partial charge in [0.25, 0.3) is 0 Å². The predicted octanol–water partition coefficient (Wildman–Crippen LogP) is 3.31. The number of thioether (sulfide) groups is 1. The van der Waals surface area contributed by atoms with Gasteiger partial charge in [0, 0.05) is 5.69 Å². The van der Waals surface area contributed by atoms with Crippen molar-refractivity contribution in [1.29, 1.82) is 0 Å². The van der Waals surface area contributed by atoms with Crippen LogP contribution in [0.4, 0.5) is 4.39 Å². The standard InChI is InChI=1S/C14H15FN2O2S/c1-9(2)12-7-16-14(20-8-13(18)19)17(12)11-5-3-4-10(15)6-11/h3-7,9H,8H2,1-2H3,(H,18,19). The Morgan fingerprint density at radius 3 is 2.85 bits per heavy atom. The Labute approximate surface area is 120 Å². The van der Waals surface area contributed by atoms with Crippen molar-refractivity contribution in [3.63, 3.8) is 0 Å². The van der Waals surface area contributed by atoms with Gasteiger partial charge in [-0.1, -0.05) is 31.7 Å². The monoisotopic (exact) mass is 294 g/mol. The van der Waals surface area contributed by atoms with Crippen LogP contribution in [0.2, 0.25) is 0 Å². The van der Waals surface area contributed by atoms with Gasteiger partial charge in [0.05, 0.1) is 17.6 Å². The second-order valence-corrected chi connectivity index (χ2v) is 5.56. The molecule has 106 valence electrons. The molecule has 6 heteroatoms. The Hall–Kier alpha value is -1.82. The lowest BCUT2D eigenvalue weighted by atomic mass is 10.1. The molecule has 1 aromatic carbocycles. The van der Waals surface area contributed by atoms with Crippen LogP contribution in [0.1, 0.15) is 25.5 Å². The normalized spacial score (nSPS) is 11.0. The van der Waals surface area contributed by atoms with E-state index in [1.165, 1.54) is 12.1 Å². The maximum atomic E-state index is 13.4. The quantitative estimate of drug-likeness (QED) is 0.860. The van der Waals surface area contributed by atoms with E-state index in [1.807, 2.05) is 13.8 Å². The number of aromatic nitrogens is 2. The molecule has 0 bridgehead atoms. The number of nitrogens with zero attached hydrogens (tertiary/aromatic N) is 2. The van der Waals surface area contributed by atoms with Crippen molar-refractivity contribution >= 4 is 17.7 Å². The number of aliphatic carboxylic acids is 1. The van der Waals surface area contributed by atoms with Crippen molar-refractivity contribution in [2.24, 2.45) is 0 Å². The number of hydrogen-bond donors (Lipinski definition) is 1. The van der Waals surface area contributed by atoms with Gasteiger partial charge in [-0.2, -0.15) is 0 Å². The maximum absolute atomic E-state index is 13.4. The molecule has 0 fully saturated rings. The first kappa shape index (κ1) is 14.6. The molecule has 0 spiro atoms. The first-order valence-electron chi connectivity index (χ1n) is 6.17. The average Bonchev–Trinajstić information content (AvgIpc) is 2.80. The van der Waals surface area contributed by atoms with Crippen molar-refractivity contribution < 1.29 is 14.3 Å². The van der Waals surface area contributed by atoms with Crippen LogP contribution in [-0.2, 0) is 4.79 Å². The number of hydrogen-bond acceptors (Lipinski definition) is 3. The molecule has 0 aliphatic rings. The van der Waals surface area contributed by atoms with Crippen molar-refractivity contribution in [2.45, 2.75) is 24.9 Å². The summed E-state index contributed by atoms with van der Waals surface area (Å²) in [6.45, 7) is 4.02. The van der Waals surface area contributed by atoms with E-state index in [0.29, 0.717) is 10.8 Å². The summed E-state index contributed by atoms with van der Waals surface area (Å²) >= 11 is 1.12. The third-order valence-electron chi connectivity index (χ3n) is 2.74. The molecule has 1 heterocycles. The van der Waals surface area contributed by atoms with E-state index in [2.05, 4.69) is 4.98 Å². The molecule has 0 aliphatic carbocycles. The first-order valence-corrected chi connectivity index (χ1v) is 7.15. The van der Waals surface area contributed by atoms with Crippen LogP contribution >= 0.6 is 11.8 Å². The van der Waals surface area contributed by atoms with Crippen LogP contribution < -0.4 is 0 Å². The zero-order valence-corrected chi connectivity index (χ0v) is 12.0. The minimum absolute atomic E-state index is 0.0795. The first-order chi connectivity index (χ1) is 9.49. The number of carboxylic acid groups (broad SMARTS) is 1. The van der Waals surface area contributed by atoms with Crippen molar-refractivity contribution in [3.8, 4) is 5.69 Å². The summed E-state index contributed by atoms with van der Waals surface area (Å²) in [7, 11) is 0. The number of imidazole rings is 1. The van der Waals surface area contributed by atoms with E-state index in [9.17, 15) is 9.18 Å². The van der Waals surface area contributed by atoms with Gasteiger partial charge in [-0.05, 0) is 24.1 Å². The molecule has 2 aromatic rings. The molecule has 4 nitrogen and oxygen atoms in total.